The number of halogens is 1. The van der Waals surface area contributed by atoms with Gasteiger partial charge in [0, 0.05) is 17.5 Å². The largest absolute Gasteiger partial charge is 0.399 e. The Bertz CT molecular complexity index is 513. The summed E-state index contributed by atoms with van der Waals surface area (Å²) in [5.41, 5.74) is 5.58. The molecule has 1 aliphatic rings. The Hall–Kier alpha value is -0.790. The zero-order valence-corrected chi connectivity index (χ0v) is 10.7. The van der Waals surface area contributed by atoms with E-state index in [1.54, 1.807) is 11.8 Å². The minimum absolute atomic E-state index is 0.109. The molecule has 0 spiro atoms. The maximum atomic E-state index is 13.5. The normalized spacial score (nSPS) is 20.6. The van der Waals surface area contributed by atoms with Gasteiger partial charge in [-0.15, -0.1) is 0 Å². The highest BCUT2D eigenvalue weighted by Gasteiger charge is 2.25. The first-order valence-corrected chi connectivity index (χ1v) is 7.78. The van der Waals surface area contributed by atoms with Gasteiger partial charge in [0.2, 0.25) is 10.0 Å². The maximum absolute atomic E-state index is 13.5. The van der Waals surface area contributed by atoms with Gasteiger partial charge in [0.05, 0.1) is 0 Å². The summed E-state index contributed by atoms with van der Waals surface area (Å²) in [4.78, 5) is -0.344. The van der Waals surface area contributed by atoms with Crippen molar-refractivity contribution < 1.29 is 12.8 Å². The Morgan fingerprint density at radius 3 is 2.82 bits per heavy atom. The van der Waals surface area contributed by atoms with Crippen LogP contribution in [0.2, 0.25) is 0 Å². The van der Waals surface area contributed by atoms with Crippen molar-refractivity contribution in [3.05, 3.63) is 24.0 Å². The molecule has 0 aliphatic carbocycles. The highest BCUT2D eigenvalue weighted by molar-refractivity contribution is 7.99. The van der Waals surface area contributed by atoms with Crippen LogP contribution in [0.1, 0.15) is 6.42 Å². The zero-order valence-electron chi connectivity index (χ0n) is 9.02. The van der Waals surface area contributed by atoms with E-state index >= 15 is 0 Å². The van der Waals surface area contributed by atoms with Crippen molar-refractivity contribution in [3.63, 3.8) is 0 Å². The number of benzene rings is 1. The van der Waals surface area contributed by atoms with Crippen molar-refractivity contribution in [1.29, 1.82) is 0 Å². The monoisotopic (exact) mass is 276 g/mol. The van der Waals surface area contributed by atoms with E-state index in [0.29, 0.717) is 0 Å². The van der Waals surface area contributed by atoms with Crippen molar-refractivity contribution >= 4 is 27.5 Å². The minimum Gasteiger partial charge on any atom is -0.399 e. The predicted molar refractivity (Wildman–Crippen MR) is 66.9 cm³/mol. The molecule has 1 aromatic carbocycles. The summed E-state index contributed by atoms with van der Waals surface area (Å²) < 4.78 is 39.9. The maximum Gasteiger partial charge on any atom is 0.243 e. The Balaban J connectivity index is 2.24. The van der Waals surface area contributed by atoms with E-state index in [2.05, 4.69) is 4.72 Å². The molecule has 0 saturated carbocycles. The number of nitrogens with two attached hydrogens (primary N) is 1. The van der Waals surface area contributed by atoms with Crippen molar-refractivity contribution in [1.82, 2.24) is 4.72 Å². The Morgan fingerprint density at radius 1 is 1.47 bits per heavy atom. The SMILES string of the molecule is Nc1ccc(S(=O)(=O)NC2CCSC2)c(F)c1. The average molecular weight is 276 g/mol. The number of nitrogen functional groups attached to an aromatic ring is 1. The van der Waals surface area contributed by atoms with Crippen molar-refractivity contribution in [2.45, 2.75) is 17.4 Å². The molecule has 1 atom stereocenters. The van der Waals surface area contributed by atoms with Crippen LogP contribution in [-0.2, 0) is 10.0 Å². The molecule has 1 saturated heterocycles. The Labute approximate surface area is 104 Å². The van der Waals surface area contributed by atoms with Gasteiger partial charge in [0.15, 0.2) is 0 Å². The molecule has 1 heterocycles. The first-order valence-electron chi connectivity index (χ1n) is 5.14. The van der Waals surface area contributed by atoms with Crippen LogP contribution >= 0.6 is 11.8 Å². The highest BCUT2D eigenvalue weighted by Crippen LogP contribution is 2.21. The molecule has 7 heteroatoms. The van der Waals surface area contributed by atoms with Crippen molar-refractivity contribution in [2.75, 3.05) is 17.2 Å². The molecule has 2 rings (SSSR count). The second-order valence-electron chi connectivity index (χ2n) is 3.87. The third-order valence-corrected chi connectivity index (χ3v) is 5.21. The van der Waals surface area contributed by atoms with Gasteiger partial charge < -0.3 is 5.73 Å². The molecule has 3 N–H and O–H groups in total. The predicted octanol–water partition coefficient (Wildman–Crippen LogP) is 1.19. The second-order valence-corrected chi connectivity index (χ2v) is 6.70. The lowest BCUT2D eigenvalue weighted by atomic mass is 10.3. The molecule has 94 valence electrons. The van der Waals surface area contributed by atoms with Crippen LogP contribution < -0.4 is 10.5 Å². The zero-order chi connectivity index (χ0) is 12.5. The van der Waals surface area contributed by atoms with E-state index in [-0.39, 0.29) is 16.6 Å². The summed E-state index contributed by atoms with van der Waals surface area (Å²) in [6, 6.07) is 3.47. The molecule has 1 fully saturated rings. The number of rotatable bonds is 3. The number of thioether (sulfide) groups is 1. The molecule has 0 bridgehead atoms. The summed E-state index contributed by atoms with van der Waals surface area (Å²) >= 11 is 1.68. The van der Waals surface area contributed by atoms with Crippen LogP contribution in [0.25, 0.3) is 0 Å². The fourth-order valence-electron chi connectivity index (χ4n) is 1.65. The van der Waals surface area contributed by atoms with Gasteiger partial charge in [0.1, 0.15) is 10.7 Å². The molecular weight excluding hydrogens is 263 g/mol. The Kier molecular flexibility index (Phi) is 3.60. The van der Waals surface area contributed by atoms with Gasteiger partial charge in [-0.25, -0.2) is 17.5 Å². The van der Waals surface area contributed by atoms with Crippen LogP contribution in [0.15, 0.2) is 23.1 Å². The fraction of sp³-hybridized carbons (Fsp3) is 0.400. The molecule has 0 amide bonds. The average Bonchev–Trinajstić information content (AvgIpc) is 2.68. The summed E-state index contributed by atoms with van der Waals surface area (Å²) in [6.45, 7) is 0. The molecule has 1 aliphatic heterocycles. The highest BCUT2D eigenvalue weighted by atomic mass is 32.2. The van der Waals surface area contributed by atoms with E-state index in [4.69, 9.17) is 5.73 Å². The molecule has 0 radical (unpaired) electrons. The Morgan fingerprint density at radius 2 is 2.24 bits per heavy atom. The third-order valence-electron chi connectivity index (χ3n) is 2.50. The summed E-state index contributed by atoms with van der Waals surface area (Å²) in [5.74, 6) is 0.843. The van der Waals surface area contributed by atoms with Gasteiger partial charge in [-0.3, -0.25) is 0 Å². The minimum atomic E-state index is -3.79. The van der Waals surface area contributed by atoms with E-state index < -0.39 is 15.8 Å². The summed E-state index contributed by atoms with van der Waals surface area (Å²) in [6.07, 6.45) is 0.778. The van der Waals surface area contributed by atoms with Gasteiger partial charge in [0.25, 0.3) is 0 Å². The standard InChI is InChI=1S/C10H13FN2O2S2/c11-9-5-7(12)1-2-10(9)17(14,15)13-8-3-4-16-6-8/h1-2,5,8,13H,3-4,6,12H2. The number of hydrogen-bond acceptors (Lipinski definition) is 4. The van der Waals surface area contributed by atoms with Crippen LogP contribution in [-0.4, -0.2) is 26.0 Å². The molecule has 17 heavy (non-hydrogen) atoms. The summed E-state index contributed by atoms with van der Waals surface area (Å²) in [5, 5.41) is 0. The van der Waals surface area contributed by atoms with E-state index in [1.807, 2.05) is 0 Å². The molecule has 4 nitrogen and oxygen atoms in total. The smallest absolute Gasteiger partial charge is 0.243 e. The van der Waals surface area contributed by atoms with Gasteiger partial charge in [-0.05, 0) is 30.4 Å². The third kappa shape index (κ3) is 2.91. The molecule has 1 aromatic rings. The lowest BCUT2D eigenvalue weighted by molar-refractivity contribution is 0.545. The fourth-order valence-corrected chi connectivity index (χ4v) is 4.23. The number of hydrogen-bond donors (Lipinski definition) is 2. The van der Waals surface area contributed by atoms with Crippen molar-refractivity contribution in [2.24, 2.45) is 0 Å². The summed E-state index contributed by atoms with van der Waals surface area (Å²) in [7, 11) is -3.79. The lowest BCUT2D eigenvalue weighted by Gasteiger charge is -2.12. The first-order chi connectivity index (χ1) is 7.99. The topological polar surface area (TPSA) is 72.2 Å². The second kappa shape index (κ2) is 4.83. The van der Waals surface area contributed by atoms with Gasteiger partial charge in [-0.2, -0.15) is 11.8 Å². The van der Waals surface area contributed by atoms with Crippen LogP contribution in [0.4, 0.5) is 10.1 Å². The van der Waals surface area contributed by atoms with E-state index in [1.165, 1.54) is 12.1 Å². The number of anilines is 1. The lowest BCUT2D eigenvalue weighted by Crippen LogP contribution is -2.35. The number of sulfonamides is 1. The molecular formula is C10H13FN2O2S2. The molecule has 0 aromatic heterocycles. The van der Waals surface area contributed by atoms with Crippen molar-refractivity contribution in [3.8, 4) is 0 Å². The van der Waals surface area contributed by atoms with Crippen LogP contribution in [0.5, 0.6) is 0 Å². The number of nitrogens with one attached hydrogen (secondary N) is 1. The van der Waals surface area contributed by atoms with Gasteiger partial charge >= 0.3 is 0 Å². The quantitative estimate of drug-likeness (QED) is 0.814. The van der Waals surface area contributed by atoms with E-state index in [9.17, 15) is 12.8 Å². The van der Waals surface area contributed by atoms with E-state index in [0.717, 1.165) is 24.0 Å². The first kappa shape index (κ1) is 12.7. The van der Waals surface area contributed by atoms with Crippen LogP contribution in [0.3, 0.4) is 0 Å². The van der Waals surface area contributed by atoms with Crippen LogP contribution in [0, 0.1) is 5.82 Å². The molecule has 1 unspecified atom stereocenters. The van der Waals surface area contributed by atoms with Gasteiger partial charge in [-0.1, -0.05) is 0 Å².